The van der Waals surface area contributed by atoms with E-state index < -0.39 is 5.97 Å². The van der Waals surface area contributed by atoms with E-state index in [2.05, 4.69) is 21.0 Å². The third-order valence-electron chi connectivity index (χ3n) is 5.73. The number of ketones is 1. The van der Waals surface area contributed by atoms with E-state index in [4.69, 9.17) is 4.74 Å². The number of nitrogens with zero attached hydrogens (tertiary/aromatic N) is 3. The Morgan fingerprint density at radius 2 is 2.00 bits per heavy atom. The summed E-state index contributed by atoms with van der Waals surface area (Å²) in [6.45, 7) is 8.31. The molecule has 0 aliphatic heterocycles. The molecule has 0 unspecified atom stereocenters. The molecule has 172 valence electrons. The number of rotatable bonds is 8. The quantitative estimate of drug-likeness (QED) is 0.271. The Morgan fingerprint density at radius 1 is 1.21 bits per heavy atom. The summed E-state index contributed by atoms with van der Waals surface area (Å²) < 4.78 is 8.54. The van der Waals surface area contributed by atoms with Crippen LogP contribution >= 0.6 is 22.7 Å². The molecular weight excluding hydrogens is 458 g/mol. The molecule has 0 aliphatic carbocycles. The second-order valence-corrected chi connectivity index (χ2v) is 9.85. The van der Waals surface area contributed by atoms with Gasteiger partial charge in [-0.25, -0.2) is 9.78 Å². The normalized spacial score (nSPS) is 11.3. The van der Waals surface area contributed by atoms with Gasteiger partial charge in [-0.15, -0.1) is 22.7 Å². The van der Waals surface area contributed by atoms with Crippen molar-refractivity contribution < 1.29 is 14.3 Å². The van der Waals surface area contributed by atoms with Crippen LogP contribution < -0.4 is 5.56 Å². The van der Waals surface area contributed by atoms with Crippen molar-refractivity contribution in [2.75, 3.05) is 6.61 Å². The number of esters is 1. The van der Waals surface area contributed by atoms with E-state index in [9.17, 15) is 14.4 Å². The summed E-state index contributed by atoms with van der Waals surface area (Å²) in [5, 5.41) is 2.42. The summed E-state index contributed by atoms with van der Waals surface area (Å²) in [5.74, 6) is -0.609. The molecule has 4 aromatic rings. The number of carbonyl (C=O) groups is 2. The lowest BCUT2D eigenvalue weighted by Crippen LogP contribution is -2.25. The minimum atomic E-state index is -0.463. The number of aryl methyl sites for hydroxylation is 3. The summed E-state index contributed by atoms with van der Waals surface area (Å²) in [4.78, 5) is 44.9. The molecular formula is C24H25N3O4S2. The van der Waals surface area contributed by atoms with Crippen LogP contribution in [-0.2, 0) is 24.2 Å². The van der Waals surface area contributed by atoms with E-state index in [1.165, 1.54) is 15.8 Å². The van der Waals surface area contributed by atoms with E-state index in [-0.39, 0.29) is 24.5 Å². The number of fused-ring (bicyclic) bond motifs is 1. The van der Waals surface area contributed by atoms with Crippen molar-refractivity contribution in [3.05, 3.63) is 72.5 Å². The molecule has 0 atom stereocenters. The van der Waals surface area contributed by atoms with Crippen LogP contribution in [0.1, 0.15) is 48.8 Å². The molecule has 0 aromatic carbocycles. The summed E-state index contributed by atoms with van der Waals surface area (Å²) >= 11 is 2.86. The van der Waals surface area contributed by atoms with Gasteiger partial charge < -0.3 is 9.30 Å². The van der Waals surface area contributed by atoms with Gasteiger partial charge in [-0.3, -0.25) is 14.2 Å². The minimum Gasteiger partial charge on any atom is -0.462 e. The lowest BCUT2D eigenvalue weighted by molar-refractivity contribution is 0.0531. The van der Waals surface area contributed by atoms with Crippen LogP contribution in [0, 0.1) is 20.8 Å². The van der Waals surface area contributed by atoms with E-state index in [0.29, 0.717) is 26.2 Å². The highest BCUT2D eigenvalue weighted by molar-refractivity contribution is 7.20. The van der Waals surface area contributed by atoms with Crippen molar-refractivity contribution in [2.24, 2.45) is 0 Å². The van der Waals surface area contributed by atoms with Gasteiger partial charge in [0, 0.05) is 28.4 Å². The van der Waals surface area contributed by atoms with Crippen molar-refractivity contribution in [1.29, 1.82) is 0 Å². The van der Waals surface area contributed by atoms with E-state index in [1.54, 1.807) is 25.2 Å². The Labute approximate surface area is 199 Å². The molecule has 0 spiro atoms. The summed E-state index contributed by atoms with van der Waals surface area (Å²) in [7, 11) is 0. The average Bonchev–Trinajstić information content (AvgIpc) is 3.48. The van der Waals surface area contributed by atoms with Crippen molar-refractivity contribution in [3.8, 4) is 0 Å². The molecule has 9 heteroatoms. The Morgan fingerprint density at radius 3 is 2.70 bits per heavy atom. The van der Waals surface area contributed by atoms with Crippen LogP contribution in [0.3, 0.4) is 0 Å². The van der Waals surface area contributed by atoms with Gasteiger partial charge in [0.1, 0.15) is 9.71 Å². The predicted octanol–water partition coefficient (Wildman–Crippen LogP) is 4.55. The van der Waals surface area contributed by atoms with E-state index in [1.807, 2.05) is 26.0 Å². The molecule has 0 fully saturated rings. The molecule has 0 aliphatic rings. The second-order valence-electron chi connectivity index (χ2n) is 7.82. The first-order chi connectivity index (χ1) is 15.8. The molecule has 4 rings (SSSR count). The van der Waals surface area contributed by atoms with Crippen LogP contribution in [-0.4, -0.2) is 32.5 Å². The first-order valence-corrected chi connectivity index (χ1v) is 12.4. The number of Topliss-reactive ketones (excluding diaryl/α,β-unsaturated/α-hetero) is 1. The second kappa shape index (κ2) is 9.44. The van der Waals surface area contributed by atoms with Crippen molar-refractivity contribution in [1.82, 2.24) is 14.1 Å². The molecule has 0 saturated carbocycles. The van der Waals surface area contributed by atoms with Gasteiger partial charge >= 0.3 is 5.97 Å². The zero-order valence-electron chi connectivity index (χ0n) is 19.0. The predicted molar refractivity (Wildman–Crippen MR) is 131 cm³/mol. The van der Waals surface area contributed by atoms with Crippen molar-refractivity contribution in [2.45, 2.75) is 47.2 Å². The van der Waals surface area contributed by atoms with Gasteiger partial charge in [-0.1, -0.05) is 6.07 Å². The fraction of sp³-hybridized carbons (Fsp3) is 0.333. The fourth-order valence-electron chi connectivity index (χ4n) is 4.01. The largest absolute Gasteiger partial charge is 0.462 e. The summed E-state index contributed by atoms with van der Waals surface area (Å²) in [6.07, 6.45) is 2.28. The van der Waals surface area contributed by atoms with Gasteiger partial charge in [0.15, 0.2) is 5.78 Å². The number of aromatic nitrogens is 3. The molecule has 0 bridgehead atoms. The third kappa shape index (κ3) is 4.43. The fourth-order valence-corrected chi connectivity index (χ4v) is 5.74. The topological polar surface area (TPSA) is 83.2 Å². The van der Waals surface area contributed by atoms with E-state index in [0.717, 1.165) is 35.7 Å². The van der Waals surface area contributed by atoms with Crippen molar-refractivity contribution >= 4 is 44.6 Å². The standard InChI is InChI=1S/C24H25N3O4S2/c1-5-31-24(30)21-15(3)20-22(33-21)25-13-26(23(20)29)12-19(28)18-11-14(2)27(16(18)4)9-8-17-7-6-10-32-17/h6-7,10-11,13H,5,8-9,12H2,1-4H3. The maximum Gasteiger partial charge on any atom is 0.348 e. The Balaban J connectivity index is 1.60. The van der Waals surface area contributed by atoms with Gasteiger partial charge in [0.05, 0.1) is 24.9 Å². The van der Waals surface area contributed by atoms with Gasteiger partial charge in [0.2, 0.25) is 0 Å². The Bertz CT molecular complexity index is 1390. The summed E-state index contributed by atoms with van der Waals surface area (Å²) in [5.41, 5.74) is 2.73. The van der Waals surface area contributed by atoms with Gasteiger partial charge in [-0.05, 0) is 57.2 Å². The highest BCUT2D eigenvalue weighted by Crippen LogP contribution is 2.27. The number of thiophene rings is 2. The van der Waals surface area contributed by atoms with Crippen LogP contribution in [0.4, 0.5) is 0 Å². The molecule has 4 aromatic heterocycles. The number of carbonyl (C=O) groups excluding carboxylic acids is 2. The molecule has 4 heterocycles. The smallest absolute Gasteiger partial charge is 0.348 e. The Kier molecular flexibility index (Phi) is 6.62. The van der Waals surface area contributed by atoms with E-state index >= 15 is 0 Å². The maximum atomic E-state index is 13.1. The zero-order chi connectivity index (χ0) is 23.7. The molecule has 0 N–H and O–H groups in total. The monoisotopic (exact) mass is 483 g/mol. The molecule has 0 saturated heterocycles. The number of hydrogen-bond acceptors (Lipinski definition) is 7. The Hall–Kier alpha value is -3.04. The molecule has 33 heavy (non-hydrogen) atoms. The highest BCUT2D eigenvalue weighted by Gasteiger charge is 2.22. The lowest BCUT2D eigenvalue weighted by atomic mass is 10.1. The van der Waals surface area contributed by atoms with Crippen LogP contribution in [0.25, 0.3) is 10.2 Å². The molecule has 0 amide bonds. The zero-order valence-corrected chi connectivity index (χ0v) is 20.6. The SMILES string of the molecule is CCOC(=O)c1sc2ncn(CC(=O)c3cc(C)n(CCc4cccs4)c3C)c(=O)c2c1C. The molecule has 7 nitrogen and oxygen atoms in total. The number of hydrogen-bond donors (Lipinski definition) is 0. The van der Waals surface area contributed by atoms with Crippen LogP contribution in [0.2, 0.25) is 0 Å². The van der Waals surface area contributed by atoms with Gasteiger partial charge in [-0.2, -0.15) is 0 Å². The third-order valence-corrected chi connectivity index (χ3v) is 7.84. The van der Waals surface area contributed by atoms with Crippen LogP contribution in [0.15, 0.2) is 34.7 Å². The first-order valence-electron chi connectivity index (χ1n) is 10.7. The lowest BCUT2D eigenvalue weighted by Gasteiger charge is -2.09. The first kappa shape index (κ1) is 23.1. The minimum absolute atomic E-state index is 0.110. The van der Waals surface area contributed by atoms with Crippen LogP contribution in [0.5, 0.6) is 0 Å². The molecule has 0 radical (unpaired) electrons. The summed E-state index contributed by atoms with van der Waals surface area (Å²) in [6, 6.07) is 6.04. The van der Waals surface area contributed by atoms with Crippen molar-refractivity contribution in [3.63, 3.8) is 0 Å². The van der Waals surface area contributed by atoms with Gasteiger partial charge in [0.25, 0.3) is 5.56 Å². The highest BCUT2D eigenvalue weighted by atomic mass is 32.1. The maximum absolute atomic E-state index is 13.1. The number of ether oxygens (including phenoxy) is 1. The average molecular weight is 484 g/mol.